The average Bonchev–Trinajstić information content (AvgIpc) is 3.01. The zero-order valence-corrected chi connectivity index (χ0v) is 12.6. The third kappa shape index (κ3) is 2.96. The van der Waals surface area contributed by atoms with Gasteiger partial charge in [-0.25, -0.2) is 0 Å². The van der Waals surface area contributed by atoms with Gasteiger partial charge in [0.15, 0.2) is 0 Å². The first kappa shape index (κ1) is 14.2. The van der Waals surface area contributed by atoms with Gasteiger partial charge in [-0.2, -0.15) is 0 Å². The van der Waals surface area contributed by atoms with Gasteiger partial charge in [0.2, 0.25) is 0 Å². The molecule has 2 heteroatoms. The van der Waals surface area contributed by atoms with Crippen molar-refractivity contribution in [3.05, 3.63) is 65.2 Å². The Balaban J connectivity index is 1.73. The Morgan fingerprint density at radius 3 is 2.71 bits per heavy atom. The maximum atomic E-state index is 6.65. The van der Waals surface area contributed by atoms with E-state index in [9.17, 15) is 0 Å². The van der Waals surface area contributed by atoms with Crippen LogP contribution in [-0.2, 0) is 18.4 Å². The van der Waals surface area contributed by atoms with Crippen molar-refractivity contribution in [3.8, 4) is 5.75 Å². The Morgan fingerprint density at radius 1 is 1.14 bits per heavy atom. The molecule has 1 unspecified atom stereocenters. The van der Waals surface area contributed by atoms with E-state index in [0.717, 1.165) is 38.0 Å². The van der Waals surface area contributed by atoms with Gasteiger partial charge in [0.25, 0.3) is 0 Å². The van der Waals surface area contributed by atoms with E-state index in [4.69, 9.17) is 10.5 Å². The lowest BCUT2D eigenvalue weighted by Crippen LogP contribution is -2.36. The highest BCUT2D eigenvalue weighted by Gasteiger charge is 2.24. The lowest BCUT2D eigenvalue weighted by molar-refractivity contribution is 0.356. The number of nitrogens with two attached hydrogens (primary N) is 1. The summed E-state index contributed by atoms with van der Waals surface area (Å²) in [7, 11) is 0. The van der Waals surface area contributed by atoms with Crippen molar-refractivity contribution in [2.75, 3.05) is 6.61 Å². The molecule has 0 radical (unpaired) electrons. The second kappa shape index (κ2) is 5.90. The van der Waals surface area contributed by atoms with Crippen LogP contribution >= 0.6 is 0 Å². The number of benzene rings is 2. The lowest BCUT2D eigenvalue weighted by atomic mass is 9.83. The van der Waals surface area contributed by atoms with Crippen LogP contribution in [-0.4, -0.2) is 6.61 Å². The molecular weight excluding hydrogens is 258 g/mol. The number of aryl methyl sites for hydroxylation is 1. The quantitative estimate of drug-likeness (QED) is 0.904. The Labute approximate surface area is 126 Å². The Kier molecular flexibility index (Phi) is 3.98. The van der Waals surface area contributed by atoms with Gasteiger partial charge in [0.05, 0.1) is 6.61 Å². The summed E-state index contributed by atoms with van der Waals surface area (Å²) in [6, 6.07) is 17.0. The van der Waals surface area contributed by atoms with E-state index < -0.39 is 0 Å². The van der Waals surface area contributed by atoms with Gasteiger partial charge >= 0.3 is 0 Å². The van der Waals surface area contributed by atoms with Gasteiger partial charge in [-0.1, -0.05) is 49.4 Å². The van der Waals surface area contributed by atoms with Crippen molar-refractivity contribution < 1.29 is 4.74 Å². The van der Waals surface area contributed by atoms with E-state index in [2.05, 4.69) is 49.4 Å². The SMILES string of the molecule is CCC(N)(CCc1ccc2c(c1)CCO2)c1ccccc1. The van der Waals surface area contributed by atoms with E-state index >= 15 is 0 Å². The normalized spacial score (nSPS) is 16.1. The smallest absolute Gasteiger partial charge is 0.122 e. The van der Waals surface area contributed by atoms with Crippen LogP contribution in [0.2, 0.25) is 0 Å². The number of rotatable bonds is 5. The largest absolute Gasteiger partial charge is 0.493 e. The van der Waals surface area contributed by atoms with Crippen LogP contribution in [0.4, 0.5) is 0 Å². The maximum Gasteiger partial charge on any atom is 0.122 e. The third-order valence-corrected chi connectivity index (χ3v) is 4.59. The van der Waals surface area contributed by atoms with Gasteiger partial charge in [-0.05, 0) is 42.0 Å². The first-order valence-electron chi connectivity index (χ1n) is 7.80. The molecule has 21 heavy (non-hydrogen) atoms. The minimum Gasteiger partial charge on any atom is -0.493 e. The predicted octanol–water partition coefficient (Wildman–Crippen LogP) is 3.82. The van der Waals surface area contributed by atoms with E-state index in [-0.39, 0.29) is 5.54 Å². The van der Waals surface area contributed by atoms with Gasteiger partial charge in [0.1, 0.15) is 5.75 Å². The molecule has 2 N–H and O–H groups in total. The van der Waals surface area contributed by atoms with E-state index in [1.807, 2.05) is 6.07 Å². The van der Waals surface area contributed by atoms with Crippen molar-refractivity contribution in [1.29, 1.82) is 0 Å². The summed E-state index contributed by atoms with van der Waals surface area (Å²) in [5.41, 5.74) is 10.3. The third-order valence-electron chi connectivity index (χ3n) is 4.59. The molecule has 0 fully saturated rings. The molecule has 1 aliphatic rings. The summed E-state index contributed by atoms with van der Waals surface area (Å²) in [6.07, 6.45) is 3.95. The maximum absolute atomic E-state index is 6.65. The molecule has 0 saturated carbocycles. The molecule has 110 valence electrons. The second-order valence-electron chi connectivity index (χ2n) is 5.92. The molecule has 0 aromatic heterocycles. The molecule has 2 aromatic carbocycles. The lowest BCUT2D eigenvalue weighted by Gasteiger charge is -2.29. The van der Waals surface area contributed by atoms with E-state index in [1.54, 1.807) is 0 Å². The zero-order chi connectivity index (χ0) is 14.7. The first-order valence-corrected chi connectivity index (χ1v) is 7.80. The number of fused-ring (bicyclic) bond motifs is 1. The highest BCUT2D eigenvalue weighted by molar-refractivity contribution is 5.40. The zero-order valence-electron chi connectivity index (χ0n) is 12.6. The van der Waals surface area contributed by atoms with Crippen molar-refractivity contribution in [2.24, 2.45) is 5.73 Å². The topological polar surface area (TPSA) is 35.2 Å². The monoisotopic (exact) mass is 281 g/mol. The highest BCUT2D eigenvalue weighted by Crippen LogP contribution is 2.30. The van der Waals surface area contributed by atoms with Gasteiger partial charge in [-0.3, -0.25) is 0 Å². The van der Waals surface area contributed by atoms with Crippen LogP contribution in [0.1, 0.15) is 36.5 Å². The fraction of sp³-hybridized carbons (Fsp3) is 0.368. The summed E-state index contributed by atoms with van der Waals surface area (Å²) < 4.78 is 5.56. The Hall–Kier alpha value is -1.80. The minimum absolute atomic E-state index is 0.239. The molecule has 1 aliphatic heterocycles. The van der Waals surface area contributed by atoms with Crippen molar-refractivity contribution in [3.63, 3.8) is 0 Å². The molecular formula is C19H23NO. The predicted molar refractivity (Wildman–Crippen MR) is 86.6 cm³/mol. The van der Waals surface area contributed by atoms with Gasteiger partial charge < -0.3 is 10.5 Å². The summed E-state index contributed by atoms with van der Waals surface area (Å²) in [6.45, 7) is 2.99. The second-order valence-corrected chi connectivity index (χ2v) is 5.92. The number of hydrogen-bond acceptors (Lipinski definition) is 2. The molecule has 2 nitrogen and oxygen atoms in total. The van der Waals surface area contributed by atoms with Crippen LogP contribution in [0, 0.1) is 0 Å². The number of ether oxygens (including phenoxy) is 1. The fourth-order valence-corrected chi connectivity index (χ4v) is 3.06. The van der Waals surface area contributed by atoms with E-state index in [0.29, 0.717) is 0 Å². The van der Waals surface area contributed by atoms with Crippen LogP contribution in [0.25, 0.3) is 0 Å². The van der Waals surface area contributed by atoms with Crippen LogP contribution < -0.4 is 10.5 Å². The summed E-state index contributed by atoms with van der Waals surface area (Å²) in [5, 5.41) is 0. The van der Waals surface area contributed by atoms with Crippen LogP contribution in [0.5, 0.6) is 5.75 Å². The first-order chi connectivity index (χ1) is 10.2. The Bertz CT molecular complexity index is 608. The molecule has 1 heterocycles. The standard InChI is InChI=1S/C19H23NO/c1-2-19(20,17-6-4-3-5-7-17)12-10-15-8-9-18-16(14-15)11-13-21-18/h3-9,14H,2,10-13,20H2,1H3. The summed E-state index contributed by atoms with van der Waals surface area (Å²) >= 11 is 0. The number of hydrogen-bond donors (Lipinski definition) is 1. The van der Waals surface area contributed by atoms with Crippen LogP contribution in [0.3, 0.4) is 0 Å². The molecule has 1 atom stereocenters. The van der Waals surface area contributed by atoms with Crippen LogP contribution in [0.15, 0.2) is 48.5 Å². The van der Waals surface area contributed by atoms with Gasteiger partial charge in [-0.15, -0.1) is 0 Å². The van der Waals surface area contributed by atoms with Crippen molar-refractivity contribution in [2.45, 2.75) is 38.1 Å². The Morgan fingerprint density at radius 2 is 1.95 bits per heavy atom. The minimum atomic E-state index is -0.239. The highest BCUT2D eigenvalue weighted by atomic mass is 16.5. The van der Waals surface area contributed by atoms with Crippen molar-refractivity contribution in [1.82, 2.24) is 0 Å². The molecule has 0 aliphatic carbocycles. The molecule has 3 rings (SSSR count). The van der Waals surface area contributed by atoms with E-state index in [1.165, 1.54) is 16.7 Å². The molecule has 0 amide bonds. The average molecular weight is 281 g/mol. The molecule has 2 aromatic rings. The molecule has 0 bridgehead atoms. The summed E-state index contributed by atoms with van der Waals surface area (Å²) in [5.74, 6) is 1.05. The fourth-order valence-electron chi connectivity index (χ4n) is 3.06. The van der Waals surface area contributed by atoms with Crippen molar-refractivity contribution >= 4 is 0 Å². The van der Waals surface area contributed by atoms with Gasteiger partial charge in [0, 0.05) is 12.0 Å². The molecule has 0 saturated heterocycles. The summed E-state index contributed by atoms with van der Waals surface area (Å²) in [4.78, 5) is 0. The molecule has 0 spiro atoms.